The van der Waals surface area contributed by atoms with Crippen molar-refractivity contribution in [1.82, 2.24) is 0 Å². The molecular formula is C19H16F2O3. The number of ether oxygens (including phenoxy) is 1. The Hall–Kier alpha value is -2.69. The SMILES string of the molecule is O=C(O)CCCOc1c(F)cc(-c2ccc3c(c2)CC=C3)cc1F. The van der Waals surface area contributed by atoms with E-state index < -0.39 is 23.4 Å². The minimum absolute atomic E-state index is 0.0516. The van der Waals surface area contributed by atoms with Gasteiger partial charge in [0.25, 0.3) is 0 Å². The molecule has 0 spiro atoms. The average Bonchev–Trinajstić information content (AvgIpc) is 3.00. The molecule has 0 saturated carbocycles. The highest BCUT2D eigenvalue weighted by Gasteiger charge is 2.15. The first-order chi connectivity index (χ1) is 11.5. The molecule has 0 saturated heterocycles. The summed E-state index contributed by atoms with van der Waals surface area (Å²) in [4.78, 5) is 10.4. The zero-order valence-electron chi connectivity index (χ0n) is 12.9. The number of halogens is 2. The molecule has 2 aromatic carbocycles. The Morgan fingerprint density at radius 3 is 2.58 bits per heavy atom. The van der Waals surface area contributed by atoms with E-state index in [0.29, 0.717) is 5.56 Å². The van der Waals surface area contributed by atoms with Gasteiger partial charge in [-0.3, -0.25) is 4.79 Å². The highest BCUT2D eigenvalue weighted by atomic mass is 19.1. The molecular weight excluding hydrogens is 314 g/mol. The number of fused-ring (bicyclic) bond motifs is 1. The molecule has 3 nitrogen and oxygen atoms in total. The first-order valence-corrected chi connectivity index (χ1v) is 7.68. The Morgan fingerprint density at radius 2 is 1.88 bits per heavy atom. The smallest absolute Gasteiger partial charge is 0.303 e. The van der Waals surface area contributed by atoms with Crippen molar-refractivity contribution in [2.24, 2.45) is 0 Å². The molecule has 1 aliphatic rings. The van der Waals surface area contributed by atoms with Crippen LogP contribution in [0.15, 0.2) is 36.4 Å². The molecule has 124 valence electrons. The molecule has 0 unspecified atom stereocenters. The van der Waals surface area contributed by atoms with Gasteiger partial charge in [-0.05, 0) is 47.2 Å². The summed E-state index contributed by atoms with van der Waals surface area (Å²) in [6.07, 6.45) is 4.97. The molecule has 0 atom stereocenters. The zero-order valence-corrected chi connectivity index (χ0v) is 12.9. The Bertz CT molecular complexity index is 789. The maximum Gasteiger partial charge on any atom is 0.303 e. The molecule has 0 aliphatic heterocycles. The maximum atomic E-state index is 14.2. The van der Waals surface area contributed by atoms with Crippen LogP contribution in [0.3, 0.4) is 0 Å². The van der Waals surface area contributed by atoms with Crippen molar-refractivity contribution in [1.29, 1.82) is 0 Å². The van der Waals surface area contributed by atoms with E-state index in [9.17, 15) is 13.6 Å². The van der Waals surface area contributed by atoms with Crippen molar-refractivity contribution >= 4 is 12.0 Å². The van der Waals surface area contributed by atoms with Crippen molar-refractivity contribution in [3.8, 4) is 16.9 Å². The molecule has 0 fully saturated rings. The normalized spacial score (nSPS) is 12.2. The van der Waals surface area contributed by atoms with Gasteiger partial charge >= 0.3 is 5.97 Å². The van der Waals surface area contributed by atoms with E-state index in [-0.39, 0.29) is 19.4 Å². The lowest BCUT2D eigenvalue weighted by Crippen LogP contribution is -2.04. The predicted octanol–water partition coefficient (Wildman–Crippen LogP) is 4.44. The number of benzene rings is 2. The summed E-state index contributed by atoms with van der Waals surface area (Å²) >= 11 is 0. The van der Waals surface area contributed by atoms with Crippen molar-refractivity contribution in [3.63, 3.8) is 0 Å². The highest BCUT2D eigenvalue weighted by molar-refractivity contribution is 5.70. The third-order valence-corrected chi connectivity index (χ3v) is 3.89. The first kappa shape index (κ1) is 16.2. The van der Waals surface area contributed by atoms with Crippen LogP contribution < -0.4 is 4.74 Å². The van der Waals surface area contributed by atoms with E-state index in [1.54, 1.807) is 0 Å². The zero-order chi connectivity index (χ0) is 17.1. The van der Waals surface area contributed by atoms with Gasteiger partial charge in [-0.1, -0.05) is 30.4 Å². The molecule has 2 aromatic rings. The minimum Gasteiger partial charge on any atom is -0.488 e. The molecule has 5 heteroatoms. The Labute approximate surface area is 138 Å². The van der Waals surface area contributed by atoms with Crippen molar-refractivity contribution in [2.45, 2.75) is 19.3 Å². The van der Waals surface area contributed by atoms with Crippen molar-refractivity contribution in [2.75, 3.05) is 6.61 Å². The topological polar surface area (TPSA) is 46.5 Å². The molecule has 1 N–H and O–H groups in total. The van der Waals surface area contributed by atoms with Gasteiger partial charge < -0.3 is 9.84 Å². The first-order valence-electron chi connectivity index (χ1n) is 7.68. The van der Waals surface area contributed by atoms with Gasteiger partial charge in [0, 0.05) is 6.42 Å². The Kier molecular flexibility index (Phi) is 4.60. The second-order valence-corrected chi connectivity index (χ2v) is 5.63. The van der Waals surface area contributed by atoms with Crippen LogP contribution in [-0.2, 0) is 11.2 Å². The number of hydrogen-bond acceptors (Lipinski definition) is 2. The number of carboxylic acids is 1. The average molecular weight is 330 g/mol. The van der Waals surface area contributed by atoms with Gasteiger partial charge in [0.05, 0.1) is 6.61 Å². The second-order valence-electron chi connectivity index (χ2n) is 5.63. The third kappa shape index (κ3) is 3.45. The van der Waals surface area contributed by atoms with Gasteiger partial charge in [0.2, 0.25) is 0 Å². The number of aliphatic carboxylic acids is 1. The van der Waals surface area contributed by atoms with Gasteiger partial charge in [0.1, 0.15) is 0 Å². The van der Waals surface area contributed by atoms with Gasteiger partial charge in [-0.25, -0.2) is 8.78 Å². The summed E-state index contributed by atoms with van der Waals surface area (Å²) < 4.78 is 33.4. The Morgan fingerprint density at radius 1 is 1.12 bits per heavy atom. The maximum absolute atomic E-state index is 14.2. The molecule has 1 aliphatic carbocycles. The molecule has 0 bridgehead atoms. The Balaban J connectivity index is 1.78. The van der Waals surface area contributed by atoms with Crippen LogP contribution in [0.1, 0.15) is 24.0 Å². The summed E-state index contributed by atoms with van der Waals surface area (Å²) in [6, 6.07) is 8.16. The molecule has 0 radical (unpaired) electrons. The van der Waals surface area contributed by atoms with E-state index in [0.717, 1.165) is 23.1 Å². The lowest BCUT2D eigenvalue weighted by molar-refractivity contribution is -0.137. The molecule has 0 heterocycles. The fourth-order valence-corrected chi connectivity index (χ4v) is 2.70. The quantitative estimate of drug-likeness (QED) is 0.796. The fourth-order valence-electron chi connectivity index (χ4n) is 2.70. The summed E-state index contributed by atoms with van der Waals surface area (Å²) in [5.74, 6) is -3.02. The lowest BCUT2D eigenvalue weighted by atomic mass is 10.00. The van der Waals surface area contributed by atoms with E-state index >= 15 is 0 Å². The predicted molar refractivity (Wildman–Crippen MR) is 86.9 cm³/mol. The van der Waals surface area contributed by atoms with E-state index in [4.69, 9.17) is 9.84 Å². The van der Waals surface area contributed by atoms with Crippen LogP contribution in [0.4, 0.5) is 8.78 Å². The molecule has 0 amide bonds. The molecule has 24 heavy (non-hydrogen) atoms. The standard InChI is InChI=1S/C19H16F2O3/c20-16-10-15(14-7-6-12-3-1-4-13(12)9-14)11-17(21)19(16)24-8-2-5-18(22)23/h1,3,6-7,9-11H,2,4-5,8H2,(H,22,23). The van der Waals surface area contributed by atoms with Crippen LogP contribution >= 0.6 is 0 Å². The number of hydrogen-bond donors (Lipinski definition) is 1. The van der Waals surface area contributed by atoms with Gasteiger partial charge in [0.15, 0.2) is 17.4 Å². The minimum atomic E-state index is -0.971. The number of carboxylic acid groups (broad SMARTS) is 1. The second kappa shape index (κ2) is 6.83. The monoisotopic (exact) mass is 330 g/mol. The summed E-state index contributed by atoms with van der Waals surface area (Å²) in [7, 11) is 0. The van der Waals surface area contributed by atoms with E-state index in [2.05, 4.69) is 0 Å². The van der Waals surface area contributed by atoms with Crippen LogP contribution in [0.2, 0.25) is 0 Å². The van der Waals surface area contributed by atoms with Crippen LogP contribution in [0.5, 0.6) is 5.75 Å². The van der Waals surface area contributed by atoms with Crippen LogP contribution in [-0.4, -0.2) is 17.7 Å². The van der Waals surface area contributed by atoms with Gasteiger partial charge in [-0.15, -0.1) is 0 Å². The van der Waals surface area contributed by atoms with Gasteiger partial charge in [-0.2, -0.15) is 0 Å². The van der Waals surface area contributed by atoms with E-state index in [1.165, 1.54) is 12.1 Å². The third-order valence-electron chi connectivity index (χ3n) is 3.89. The van der Waals surface area contributed by atoms with E-state index in [1.807, 2.05) is 30.4 Å². The summed E-state index contributed by atoms with van der Waals surface area (Å²) in [6.45, 7) is -0.0516. The molecule has 3 rings (SSSR count). The van der Waals surface area contributed by atoms with Crippen molar-refractivity contribution < 1.29 is 23.4 Å². The summed E-state index contributed by atoms with van der Waals surface area (Å²) in [5, 5.41) is 8.54. The highest BCUT2D eigenvalue weighted by Crippen LogP contribution is 2.31. The van der Waals surface area contributed by atoms with Crippen LogP contribution in [0.25, 0.3) is 17.2 Å². The number of rotatable bonds is 6. The van der Waals surface area contributed by atoms with Crippen LogP contribution in [0, 0.1) is 11.6 Å². The largest absolute Gasteiger partial charge is 0.488 e. The number of carbonyl (C=O) groups is 1. The van der Waals surface area contributed by atoms with Crippen molar-refractivity contribution in [3.05, 3.63) is 59.2 Å². The fraction of sp³-hybridized carbons (Fsp3) is 0.211. The lowest BCUT2D eigenvalue weighted by Gasteiger charge is -2.11. The summed E-state index contributed by atoms with van der Waals surface area (Å²) in [5.41, 5.74) is 3.44. The molecule has 0 aromatic heterocycles. The number of allylic oxidation sites excluding steroid dienone is 1.